The van der Waals surface area contributed by atoms with Crippen molar-refractivity contribution in [2.45, 2.75) is 50.3 Å². The summed E-state index contributed by atoms with van der Waals surface area (Å²) in [6.45, 7) is 1.83. The predicted molar refractivity (Wildman–Crippen MR) is 88.3 cm³/mol. The van der Waals surface area contributed by atoms with E-state index in [9.17, 15) is 13.9 Å². The van der Waals surface area contributed by atoms with Gasteiger partial charge in [0.05, 0.1) is 5.60 Å². The largest absolute Gasteiger partial charge is 0.385 e. The summed E-state index contributed by atoms with van der Waals surface area (Å²) in [6, 6.07) is 7.85. The molecule has 1 fully saturated rings. The normalized spacial score (nSPS) is 25.4. The van der Waals surface area contributed by atoms with Gasteiger partial charge in [-0.15, -0.1) is 0 Å². The summed E-state index contributed by atoms with van der Waals surface area (Å²) in [4.78, 5) is 4.08. The van der Waals surface area contributed by atoms with E-state index >= 15 is 0 Å². The first-order valence-corrected chi connectivity index (χ1v) is 8.32. The highest BCUT2D eigenvalue weighted by Gasteiger charge is 2.35. The lowest BCUT2D eigenvalue weighted by Crippen LogP contribution is -2.40. The van der Waals surface area contributed by atoms with Crippen LogP contribution in [0.4, 0.5) is 8.78 Å². The van der Waals surface area contributed by atoms with E-state index in [0.29, 0.717) is 18.4 Å². The third-order valence-electron chi connectivity index (χ3n) is 4.95. The second kappa shape index (κ2) is 6.95. The standard InChI is InChI=1S/C19H22F2N2O/c1-13(16-5-2-6-17(20)18(16)21)23-15-7-9-19(24,10-8-15)14-4-3-11-22-12-14/h2-6,11-13,15,23-24H,7-10H2,1H3. The monoisotopic (exact) mass is 332 g/mol. The van der Waals surface area contributed by atoms with Gasteiger partial charge in [-0.1, -0.05) is 18.2 Å². The van der Waals surface area contributed by atoms with Crippen molar-refractivity contribution in [3.8, 4) is 0 Å². The Balaban J connectivity index is 1.62. The van der Waals surface area contributed by atoms with Gasteiger partial charge in [-0.05, 0) is 44.7 Å². The minimum Gasteiger partial charge on any atom is -0.385 e. The molecule has 0 amide bonds. The van der Waals surface area contributed by atoms with Crippen molar-refractivity contribution >= 4 is 0 Å². The summed E-state index contributed by atoms with van der Waals surface area (Å²) in [6.07, 6.45) is 6.18. The first-order chi connectivity index (χ1) is 11.5. The molecule has 0 aliphatic heterocycles. The Morgan fingerprint density at radius 3 is 2.62 bits per heavy atom. The van der Waals surface area contributed by atoms with Gasteiger partial charge < -0.3 is 10.4 Å². The summed E-state index contributed by atoms with van der Waals surface area (Å²) in [7, 11) is 0. The number of nitrogens with zero attached hydrogens (tertiary/aromatic N) is 1. The molecule has 1 saturated carbocycles. The number of hydrogen-bond donors (Lipinski definition) is 2. The zero-order valence-corrected chi connectivity index (χ0v) is 13.7. The Bertz CT molecular complexity index is 685. The van der Waals surface area contributed by atoms with E-state index < -0.39 is 17.2 Å². The summed E-state index contributed by atoms with van der Waals surface area (Å²) in [5.41, 5.74) is 0.329. The maximum atomic E-state index is 13.9. The van der Waals surface area contributed by atoms with Gasteiger partial charge in [-0.2, -0.15) is 0 Å². The molecular formula is C19H22F2N2O. The number of aliphatic hydroxyl groups is 1. The summed E-state index contributed by atoms with van der Waals surface area (Å²) >= 11 is 0. The molecule has 2 aromatic rings. The highest BCUT2D eigenvalue weighted by Crippen LogP contribution is 2.37. The average molecular weight is 332 g/mol. The third-order valence-corrected chi connectivity index (χ3v) is 4.95. The van der Waals surface area contributed by atoms with E-state index in [0.717, 1.165) is 24.5 Å². The molecule has 2 N–H and O–H groups in total. The van der Waals surface area contributed by atoms with Gasteiger partial charge in [0.25, 0.3) is 0 Å². The lowest BCUT2D eigenvalue weighted by Gasteiger charge is -2.37. The average Bonchev–Trinajstić information content (AvgIpc) is 2.60. The zero-order chi connectivity index (χ0) is 17.2. The Hall–Kier alpha value is -1.85. The van der Waals surface area contributed by atoms with Gasteiger partial charge in [-0.3, -0.25) is 4.98 Å². The Kier molecular flexibility index (Phi) is 4.92. The van der Waals surface area contributed by atoms with Gasteiger partial charge >= 0.3 is 0 Å². The van der Waals surface area contributed by atoms with Crippen LogP contribution in [0.2, 0.25) is 0 Å². The van der Waals surface area contributed by atoms with E-state index in [1.165, 1.54) is 6.07 Å². The van der Waals surface area contributed by atoms with Crippen molar-refractivity contribution in [2.24, 2.45) is 0 Å². The van der Waals surface area contributed by atoms with Crippen LogP contribution in [0.25, 0.3) is 0 Å². The van der Waals surface area contributed by atoms with Gasteiger partial charge in [-0.25, -0.2) is 8.78 Å². The Labute approximate surface area is 140 Å². The molecule has 128 valence electrons. The molecule has 1 aliphatic carbocycles. The number of nitrogens with one attached hydrogen (secondary N) is 1. The third kappa shape index (κ3) is 3.47. The molecule has 3 nitrogen and oxygen atoms in total. The minimum absolute atomic E-state index is 0.166. The fraction of sp³-hybridized carbons (Fsp3) is 0.421. The van der Waals surface area contributed by atoms with Gasteiger partial charge in [0, 0.05) is 35.6 Å². The second-order valence-corrected chi connectivity index (χ2v) is 6.58. The van der Waals surface area contributed by atoms with Crippen LogP contribution in [-0.2, 0) is 5.60 Å². The number of benzene rings is 1. The van der Waals surface area contributed by atoms with Crippen molar-refractivity contribution in [3.63, 3.8) is 0 Å². The lowest BCUT2D eigenvalue weighted by molar-refractivity contribution is -0.00954. The molecule has 1 heterocycles. The fourth-order valence-corrected chi connectivity index (χ4v) is 3.49. The number of pyridine rings is 1. The number of hydrogen-bond acceptors (Lipinski definition) is 3. The molecule has 0 radical (unpaired) electrons. The van der Waals surface area contributed by atoms with Crippen LogP contribution in [0.3, 0.4) is 0 Å². The van der Waals surface area contributed by atoms with Crippen LogP contribution in [0.15, 0.2) is 42.7 Å². The molecule has 1 aliphatic rings. The van der Waals surface area contributed by atoms with Gasteiger partial charge in [0.2, 0.25) is 0 Å². The molecule has 0 spiro atoms. The molecule has 3 rings (SSSR count). The topological polar surface area (TPSA) is 45.1 Å². The molecule has 0 bridgehead atoms. The Morgan fingerprint density at radius 2 is 1.96 bits per heavy atom. The van der Waals surface area contributed by atoms with Crippen LogP contribution in [0.1, 0.15) is 49.8 Å². The first-order valence-electron chi connectivity index (χ1n) is 8.32. The fourth-order valence-electron chi connectivity index (χ4n) is 3.49. The van der Waals surface area contributed by atoms with E-state index in [4.69, 9.17) is 0 Å². The molecule has 1 unspecified atom stereocenters. The molecule has 1 atom stereocenters. The molecule has 0 saturated heterocycles. The number of halogens is 2. The van der Waals surface area contributed by atoms with E-state index in [1.54, 1.807) is 18.5 Å². The van der Waals surface area contributed by atoms with E-state index in [-0.39, 0.29) is 12.1 Å². The van der Waals surface area contributed by atoms with Crippen LogP contribution < -0.4 is 5.32 Å². The first kappa shape index (κ1) is 17.0. The van der Waals surface area contributed by atoms with Gasteiger partial charge in [0.1, 0.15) is 0 Å². The van der Waals surface area contributed by atoms with Crippen LogP contribution in [0, 0.1) is 11.6 Å². The number of aromatic nitrogens is 1. The molecule has 1 aromatic heterocycles. The van der Waals surface area contributed by atoms with Crippen molar-refractivity contribution < 1.29 is 13.9 Å². The lowest BCUT2D eigenvalue weighted by atomic mass is 9.78. The zero-order valence-electron chi connectivity index (χ0n) is 13.7. The minimum atomic E-state index is -0.847. The number of rotatable bonds is 4. The maximum Gasteiger partial charge on any atom is 0.163 e. The highest BCUT2D eigenvalue weighted by molar-refractivity contribution is 5.23. The van der Waals surface area contributed by atoms with Crippen molar-refractivity contribution in [3.05, 3.63) is 65.5 Å². The summed E-state index contributed by atoms with van der Waals surface area (Å²) in [5, 5.41) is 14.2. The molecular weight excluding hydrogens is 310 g/mol. The summed E-state index contributed by atoms with van der Waals surface area (Å²) in [5.74, 6) is -1.61. The predicted octanol–water partition coefficient (Wildman–Crippen LogP) is 3.84. The van der Waals surface area contributed by atoms with Crippen molar-refractivity contribution in [2.75, 3.05) is 0 Å². The van der Waals surface area contributed by atoms with Gasteiger partial charge in [0.15, 0.2) is 11.6 Å². The quantitative estimate of drug-likeness (QED) is 0.894. The van der Waals surface area contributed by atoms with Crippen molar-refractivity contribution in [1.82, 2.24) is 10.3 Å². The van der Waals surface area contributed by atoms with Crippen molar-refractivity contribution in [1.29, 1.82) is 0 Å². The molecule has 1 aromatic carbocycles. The molecule has 5 heteroatoms. The van der Waals surface area contributed by atoms with Crippen LogP contribution >= 0.6 is 0 Å². The van der Waals surface area contributed by atoms with E-state index in [2.05, 4.69) is 10.3 Å². The van der Waals surface area contributed by atoms with E-state index in [1.807, 2.05) is 19.1 Å². The maximum absolute atomic E-state index is 13.9. The van der Waals surface area contributed by atoms with Crippen LogP contribution in [-0.4, -0.2) is 16.1 Å². The second-order valence-electron chi connectivity index (χ2n) is 6.58. The molecule has 24 heavy (non-hydrogen) atoms. The highest BCUT2D eigenvalue weighted by atomic mass is 19.2. The smallest absolute Gasteiger partial charge is 0.163 e. The Morgan fingerprint density at radius 1 is 1.21 bits per heavy atom. The SMILES string of the molecule is CC(NC1CCC(O)(c2cccnc2)CC1)c1cccc(F)c1F. The summed E-state index contributed by atoms with van der Waals surface area (Å²) < 4.78 is 27.3. The van der Waals surface area contributed by atoms with Crippen LogP contribution in [0.5, 0.6) is 0 Å².